The number of aromatic nitrogens is 4. The van der Waals surface area contributed by atoms with E-state index in [1.165, 1.54) is 5.56 Å². The molecule has 1 fully saturated rings. The maximum Gasteiger partial charge on any atom is 0.224 e. The number of benzene rings is 1. The highest BCUT2D eigenvalue weighted by molar-refractivity contribution is 5.84. The van der Waals surface area contributed by atoms with Crippen LogP contribution in [0.2, 0.25) is 0 Å². The number of hydrogen-bond donors (Lipinski definition) is 3. The smallest absolute Gasteiger partial charge is 0.224 e. The zero-order chi connectivity index (χ0) is 21.6. The minimum atomic E-state index is 0.228. The molecule has 0 amide bonds. The number of rotatable bonds is 9. The number of unbranched alkanes of at least 4 members (excludes halogenated alkanes) is 1. The second-order valence-corrected chi connectivity index (χ2v) is 7.93. The second-order valence-electron chi connectivity index (χ2n) is 7.93. The van der Waals surface area contributed by atoms with Crippen molar-refractivity contribution in [2.45, 2.75) is 32.9 Å². The Morgan fingerprint density at radius 3 is 2.81 bits per heavy atom. The molecule has 9 nitrogen and oxygen atoms in total. The topological polar surface area (TPSA) is 106 Å². The van der Waals surface area contributed by atoms with Gasteiger partial charge >= 0.3 is 0 Å². The highest BCUT2D eigenvalue weighted by atomic mass is 16.5. The first kappa shape index (κ1) is 21.3. The van der Waals surface area contributed by atoms with Crippen LogP contribution in [0.15, 0.2) is 24.5 Å². The Morgan fingerprint density at radius 1 is 1.19 bits per heavy atom. The Kier molecular flexibility index (Phi) is 6.83. The Hall–Kier alpha value is -2.91. The summed E-state index contributed by atoms with van der Waals surface area (Å²) in [5.41, 5.74) is 9.69. The van der Waals surface area contributed by atoms with Crippen molar-refractivity contribution in [3.05, 3.63) is 35.7 Å². The lowest BCUT2D eigenvalue weighted by molar-refractivity contribution is 0.233. The average Bonchev–Trinajstić information content (AvgIpc) is 3.18. The van der Waals surface area contributed by atoms with Crippen LogP contribution >= 0.6 is 0 Å². The molecule has 9 heteroatoms. The lowest BCUT2D eigenvalue weighted by Crippen LogP contribution is -2.42. The molecule has 0 aliphatic carbocycles. The van der Waals surface area contributed by atoms with Gasteiger partial charge in [0.1, 0.15) is 11.3 Å². The molecule has 4 N–H and O–H groups in total. The van der Waals surface area contributed by atoms with E-state index >= 15 is 0 Å². The summed E-state index contributed by atoms with van der Waals surface area (Å²) >= 11 is 0. The van der Waals surface area contributed by atoms with Gasteiger partial charge in [0.2, 0.25) is 5.95 Å². The Morgan fingerprint density at radius 2 is 2.03 bits per heavy atom. The van der Waals surface area contributed by atoms with Crippen LogP contribution in [-0.2, 0) is 13.1 Å². The van der Waals surface area contributed by atoms with Crippen LogP contribution in [0.4, 0.5) is 11.8 Å². The third-order valence-electron chi connectivity index (χ3n) is 5.62. The molecule has 0 spiro atoms. The van der Waals surface area contributed by atoms with Crippen LogP contribution in [0.5, 0.6) is 5.75 Å². The van der Waals surface area contributed by atoms with Crippen LogP contribution < -0.4 is 21.1 Å². The highest BCUT2D eigenvalue weighted by Crippen LogP contribution is 2.26. The van der Waals surface area contributed by atoms with E-state index in [0.717, 1.165) is 74.8 Å². The number of anilines is 2. The zero-order valence-corrected chi connectivity index (χ0v) is 18.4. The molecule has 1 saturated heterocycles. The quantitative estimate of drug-likeness (QED) is 0.448. The number of methoxy groups -OCH3 is 1. The SMILES string of the molecule is CCCCNc1nc(N)nc2ncn(Cc3ccc(CN4CCNCC4)cc3OC)c12. The van der Waals surface area contributed by atoms with Crippen LogP contribution in [0.25, 0.3) is 11.2 Å². The van der Waals surface area contributed by atoms with Gasteiger partial charge in [-0.1, -0.05) is 25.5 Å². The summed E-state index contributed by atoms with van der Waals surface area (Å²) in [6.07, 6.45) is 3.95. The molecule has 3 heterocycles. The predicted molar refractivity (Wildman–Crippen MR) is 123 cm³/mol. The Labute approximate surface area is 183 Å². The number of fused-ring (bicyclic) bond motifs is 1. The summed E-state index contributed by atoms with van der Waals surface area (Å²) in [7, 11) is 1.72. The van der Waals surface area contributed by atoms with E-state index in [2.05, 4.69) is 60.2 Å². The average molecular weight is 425 g/mol. The van der Waals surface area contributed by atoms with Crippen LogP contribution in [0, 0.1) is 0 Å². The molecular weight excluding hydrogens is 392 g/mol. The molecule has 1 aromatic carbocycles. The van der Waals surface area contributed by atoms with Gasteiger partial charge in [-0.2, -0.15) is 9.97 Å². The molecule has 0 radical (unpaired) electrons. The van der Waals surface area contributed by atoms with Gasteiger partial charge in [0.15, 0.2) is 11.5 Å². The summed E-state index contributed by atoms with van der Waals surface area (Å²) < 4.78 is 7.79. The minimum Gasteiger partial charge on any atom is -0.496 e. The molecule has 4 rings (SSSR count). The Bertz CT molecular complexity index is 1010. The molecule has 31 heavy (non-hydrogen) atoms. The number of imidazole rings is 1. The van der Waals surface area contributed by atoms with E-state index in [0.29, 0.717) is 12.2 Å². The monoisotopic (exact) mass is 424 g/mol. The first-order valence-corrected chi connectivity index (χ1v) is 11.0. The molecule has 1 aliphatic rings. The molecular formula is C22H32N8O. The standard InChI is InChI=1S/C22H32N8O/c1-3-4-7-25-20-19-21(28-22(23)27-20)26-15-30(19)14-17-6-5-16(12-18(17)31-2)13-29-10-8-24-9-11-29/h5-6,12,15,24H,3-4,7-11,13-14H2,1-2H3,(H3,23,25,27,28). The summed E-state index contributed by atoms with van der Waals surface area (Å²) in [5, 5.41) is 6.79. The number of hydrogen-bond acceptors (Lipinski definition) is 8. The van der Waals surface area contributed by atoms with Gasteiger partial charge in [0, 0.05) is 44.8 Å². The number of nitrogens with one attached hydrogen (secondary N) is 2. The largest absolute Gasteiger partial charge is 0.496 e. The van der Waals surface area contributed by atoms with Crippen molar-refractivity contribution >= 4 is 22.9 Å². The molecule has 1 aliphatic heterocycles. The number of piperazine rings is 1. The van der Waals surface area contributed by atoms with Crippen molar-refractivity contribution in [1.29, 1.82) is 0 Å². The molecule has 0 bridgehead atoms. The van der Waals surface area contributed by atoms with Gasteiger partial charge in [-0.15, -0.1) is 0 Å². The minimum absolute atomic E-state index is 0.228. The van der Waals surface area contributed by atoms with Crippen LogP contribution in [0.3, 0.4) is 0 Å². The van der Waals surface area contributed by atoms with Gasteiger partial charge in [0.05, 0.1) is 20.0 Å². The van der Waals surface area contributed by atoms with E-state index < -0.39 is 0 Å². The zero-order valence-electron chi connectivity index (χ0n) is 18.4. The van der Waals surface area contributed by atoms with Crippen molar-refractivity contribution in [1.82, 2.24) is 29.7 Å². The van der Waals surface area contributed by atoms with Crippen molar-refractivity contribution in [2.24, 2.45) is 0 Å². The number of nitrogens with zero attached hydrogens (tertiary/aromatic N) is 5. The fraction of sp³-hybridized carbons (Fsp3) is 0.500. The van der Waals surface area contributed by atoms with Gasteiger partial charge in [0.25, 0.3) is 0 Å². The molecule has 166 valence electrons. The lowest BCUT2D eigenvalue weighted by Gasteiger charge is -2.27. The molecule has 0 unspecified atom stereocenters. The third kappa shape index (κ3) is 5.05. The van der Waals surface area contributed by atoms with E-state index in [1.54, 1.807) is 13.4 Å². The summed E-state index contributed by atoms with van der Waals surface area (Å²) in [6.45, 7) is 8.78. The molecule has 3 aromatic rings. The Balaban J connectivity index is 1.58. The molecule has 0 saturated carbocycles. The summed E-state index contributed by atoms with van der Waals surface area (Å²) in [6, 6.07) is 6.48. The third-order valence-corrected chi connectivity index (χ3v) is 5.62. The van der Waals surface area contributed by atoms with Crippen molar-refractivity contribution in [2.75, 3.05) is 50.9 Å². The summed E-state index contributed by atoms with van der Waals surface area (Å²) in [5.74, 6) is 1.83. The summed E-state index contributed by atoms with van der Waals surface area (Å²) in [4.78, 5) is 15.6. The maximum atomic E-state index is 5.89. The van der Waals surface area contributed by atoms with Gasteiger partial charge < -0.3 is 25.7 Å². The normalized spacial score (nSPS) is 14.8. The van der Waals surface area contributed by atoms with Crippen molar-refractivity contribution < 1.29 is 4.74 Å². The fourth-order valence-corrected chi connectivity index (χ4v) is 3.95. The number of nitrogen functional groups attached to an aromatic ring is 1. The molecule has 2 aromatic heterocycles. The van der Waals surface area contributed by atoms with Gasteiger partial charge in [-0.3, -0.25) is 4.90 Å². The lowest BCUT2D eigenvalue weighted by atomic mass is 10.1. The second kappa shape index (κ2) is 9.93. The van der Waals surface area contributed by atoms with Crippen molar-refractivity contribution in [3.63, 3.8) is 0 Å². The predicted octanol–water partition coefficient (Wildman–Crippen LogP) is 2.08. The van der Waals surface area contributed by atoms with E-state index in [-0.39, 0.29) is 5.95 Å². The van der Waals surface area contributed by atoms with Crippen LogP contribution in [-0.4, -0.2) is 64.3 Å². The van der Waals surface area contributed by atoms with Crippen LogP contribution in [0.1, 0.15) is 30.9 Å². The maximum absolute atomic E-state index is 5.89. The van der Waals surface area contributed by atoms with E-state index in [4.69, 9.17) is 10.5 Å². The van der Waals surface area contributed by atoms with Gasteiger partial charge in [-0.25, -0.2) is 4.98 Å². The first-order valence-electron chi connectivity index (χ1n) is 11.0. The van der Waals surface area contributed by atoms with E-state index in [1.807, 2.05) is 0 Å². The highest BCUT2D eigenvalue weighted by Gasteiger charge is 2.16. The first-order chi connectivity index (χ1) is 15.2. The van der Waals surface area contributed by atoms with Crippen molar-refractivity contribution in [3.8, 4) is 5.75 Å². The van der Waals surface area contributed by atoms with Gasteiger partial charge in [-0.05, 0) is 18.1 Å². The fourth-order valence-electron chi connectivity index (χ4n) is 3.95. The number of nitrogens with two attached hydrogens (primary N) is 1. The van der Waals surface area contributed by atoms with E-state index in [9.17, 15) is 0 Å². The molecule has 0 atom stereocenters. The number of ether oxygens (including phenoxy) is 1.